The summed E-state index contributed by atoms with van der Waals surface area (Å²) < 4.78 is 2.27. The van der Waals surface area contributed by atoms with Gasteiger partial charge in [-0.25, -0.2) is 4.98 Å². The minimum Gasteiger partial charge on any atom is -0.341 e. The lowest BCUT2D eigenvalue weighted by molar-refractivity contribution is -0.128. The number of nitrogens with zero attached hydrogens (tertiary/aromatic N) is 3. The Hall–Kier alpha value is -2.38. The number of carbonyl (C=O) groups excluding carboxylic acids is 2. The first kappa shape index (κ1) is 19.9. The Morgan fingerprint density at radius 3 is 2.48 bits per heavy atom. The van der Waals surface area contributed by atoms with E-state index in [9.17, 15) is 9.59 Å². The standard InChI is InChI=1S/C22H23N3O2S2/c1-16(26)24-11-4-12-25(14-13-24)21(27)18-9-7-17(8-10-18)15-28-22-23-19-5-2-3-6-20(19)29-22/h2-3,5-10H,4,11-15H2,1H3. The van der Waals surface area contributed by atoms with Gasteiger partial charge in [0.25, 0.3) is 5.91 Å². The van der Waals surface area contributed by atoms with Gasteiger partial charge in [-0.05, 0) is 36.2 Å². The fourth-order valence-electron chi connectivity index (χ4n) is 3.42. The summed E-state index contributed by atoms with van der Waals surface area (Å²) in [5, 5.41) is 0. The molecule has 0 spiro atoms. The lowest BCUT2D eigenvalue weighted by Crippen LogP contribution is -2.36. The maximum absolute atomic E-state index is 12.8. The molecular formula is C22H23N3O2S2. The van der Waals surface area contributed by atoms with Crippen LogP contribution < -0.4 is 0 Å². The van der Waals surface area contributed by atoms with Crippen molar-refractivity contribution in [2.45, 2.75) is 23.4 Å². The molecule has 2 aromatic carbocycles. The molecule has 0 radical (unpaired) electrons. The molecule has 1 aliphatic heterocycles. The molecule has 1 saturated heterocycles. The van der Waals surface area contributed by atoms with Gasteiger partial charge in [0, 0.05) is 44.4 Å². The summed E-state index contributed by atoms with van der Waals surface area (Å²) in [6.45, 7) is 4.20. The van der Waals surface area contributed by atoms with Crippen molar-refractivity contribution in [2.75, 3.05) is 26.2 Å². The van der Waals surface area contributed by atoms with Gasteiger partial charge >= 0.3 is 0 Å². The minimum atomic E-state index is 0.0424. The molecule has 0 atom stereocenters. The monoisotopic (exact) mass is 425 g/mol. The lowest BCUT2D eigenvalue weighted by atomic mass is 10.1. The second kappa shape index (κ2) is 8.97. The first-order chi connectivity index (χ1) is 14.1. The van der Waals surface area contributed by atoms with E-state index in [1.807, 2.05) is 52.3 Å². The number of amides is 2. The minimum absolute atomic E-state index is 0.0424. The Bertz CT molecular complexity index is 983. The molecule has 2 heterocycles. The van der Waals surface area contributed by atoms with Gasteiger partial charge < -0.3 is 9.80 Å². The highest BCUT2D eigenvalue weighted by Gasteiger charge is 2.21. The third-order valence-electron chi connectivity index (χ3n) is 5.07. The predicted molar refractivity (Wildman–Crippen MR) is 118 cm³/mol. The van der Waals surface area contributed by atoms with E-state index < -0.39 is 0 Å². The van der Waals surface area contributed by atoms with E-state index >= 15 is 0 Å². The summed E-state index contributed by atoms with van der Waals surface area (Å²) in [7, 11) is 0. The highest BCUT2D eigenvalue weighted by atomic mass is 32.2. The Morgan fingerprint density at radius 1 is 1.00 bits per heavy atom. The molecule has 0 N–H and O–H groups in total. The van der Waals surface area contributed by atoms with E-state index in [0.29, 0.717) is 25.2 Å². The molecule has 1 aliphatic rings. The summed E-state index contributed by atoms with van der Waals surface area (Å²) in [5.74, 6) is 0.945. The van der Waals surface area contributed by atoms with Crippen molar-refractivity contribution in [2.24, 2.45) is 0 Å². The summed E-state index contributed by atoms with van der Waals surface area (Å²) in [5.41, 5.74) is 2.92. The van der Waals surface area contributed by atoms with Crippen LogP contribution in [0.25, 0.3) is 10.2 Å². The van der Waals surface area contributed by atoms with Gasteiger partial charge in [0.15, 0.2) is 4.34 Å². The number of fused-ring (bicyclic) bond motifs is 1. The van der Waals surface area contributed by atoms with E-state index in [2.05, 4.69) is 11.1 Å². The molecule has 29 heavy (non-hydrogen) atoms. The predicted octanol–water partition coefficient (Wildman–Crippen LogP) is 4.28. The van der Waals surface area contributed by atoms with Crippen molar-refractivity contribution in [1.29, 1.82) is 0 Å². The molecule has 0 unspecified atom stereocenters. The second-order valence-electron chi connectivity index (χ2n) is 7.08. The smallest absolute Gasteiger partial charge is 0.253 e. The highest BCUT2D eigenvalue weighted by Crippen LogP contribution is 2.31. The SMILES string of the molecule is CC(=O)N1CCCN(C(=O)c2ccc(CSc3nc4ccccc4s3)cc2)CC1. The van der Waals surface area contributed by atoms with Gasteiger partial charge in [-0.15, -0.1) is 11.3 Å². The fraction of sp³-hybridized carbons (Fsp3) is 0.318. The molecule has 7 heteroatoms. The molecule has 0 bridgehead atoms. The fourth-order valence-corrected chi connectivity index (χ4v) is 5.44. The van der Waals surface area contributed by atoms with Crippen LogP contribution in [0.15, 0.2) is 52.9 Å². The Balaban J connectivity index is 1.35. The van der Waals surface area contributed by atoms with Gasteiger partial charge in [-0.2, -0.15) is 0 Å². The van der Waals surface area contributed by atoms with E-state index in [4.69, 9.17) is 0 Å². The zero-order valence-corrected chi connectivity index (χ0v) is 18.0. The summed E-state index contributed by atoms with van der Waals surface area (Å²) in [6.07, 6.45) is 0.822. The Labute approximate surface area is 178 Å². The van der Waals surface area contributed by atoms with Crippen LogP contribution in [0.5, 0.6) is 0 Å². The van der Waals surface area contributed by atoms with Crippen LogP contribution >= 0.6 is 23.1 Å². The second-order valence-corrected chi connectivity index (χ2v) is 9.34. The van der Waals surface area contributed by atoms with Crippen LogP contribution in [-0.4, -0.2) is 52.8 Å². The molecule has 3 aromatic rings. The van der Waals surface area contributed by atoms with Gasteiger partial charge in [-0.1, -0.05) is 36.0 Å². The number of thiazole rings is 1. The zero-order valence-electron chi connectivity index (χ0n) is 16.3. The number of carbonyl (C=O) groups is 2. The maximum Gasteiger partial charge on any atom is 0.253 e. The summed E-state index contributed by atoms with van der Waals surface area (Å²) in [6, 6.07) is 16.0. The van der Waals surface area contributed by atoms with Crippen molar-refractivity contribution < 1.29 is 9.59 Å². The average molecular weight is 426 g/mol. The number of para-hydroxylation sites is 1. The van der Waals surface area contributed by atoms with Crippen molar-refractivity contribution in [3.63, 3.8) is 0 Å². The molecule has 0 saturated carbocycles. The number of thioether (sulfide) groups is 1. The van der Waals surface area contributed by atoms with Gasteiger partial charge in [0.2, 0.25) is 5.91 Å². The molecule has 4 rings (SSSR count). The van der Waals surface area contributed by atoms with Crippen LogP contribution in [0.1, 0.15) is 29.3 Å². The topological polar surface area (TPSA) is 53.5 Å². The van der Waals surface area contributed by atoms with E-state index in [0.717, 1.165) is 28.6 Å². The molecule has 0 aliphatic carbocycles. The number of rotatable bonds is 4. The molecule has 1 aromatic heterocycles. The van der Waals surface area contributed by atoms with Gasteiger partial charge in [0.05, 0.1) is 10.2 Å². The first-order valence-corrected chi connectivity index (χ1v) is 11.5. The maximum atomic E-state index is 12.8. The third kappa shape index (κ3) is 4.79. The number of hydrogen-bond donors (Lipinski definition) is 0. The van der Waals surface area contributed by atoms with Crippen LogP contribution in [0, 0.1) is 0 Å². The molecular weight excluding hydrogens is 402 g/mol. The van der Waals surface area contributed by atoms with Crippen LogP contribution in [0.2, 0.25) is 0 Å². The lowest BCUT2D eigenvalue weighted by Gasteiger charge is -2.21. The van der Waals surface area contributed by atoms with Crippen molar-refractivity contribution >= 4 is 45.1 Å². The quantitative estimate of drug-likeness (QED) is 0.586. The Morgan fingerprint density at radius 2 is 1.72 bits per heavy atom. The van der Waals surface area contributed by atoms with Crippen molar-refractivity contribution in [3.8, 4) is 0 Å². The zero-order chi connectivity index (χ0) is 20.2. The number of benzene rings is 2. The average Bonchev–Trinajstić information content (AvgIpc) is 2.99. The third-order valence-corrected chi connectivity index (χ3v) is 7.32. The van der Waals surface area contributed by atoms with E-state index in [-0.39, 0.29) is 11.8 Å². The number of aromatic nitrogens is 1. The van der Waals surface area contributed by atoms with Crippen LogP contribution in [0.3, 0.4) is 0 Å². The van der Waals surface area contributed by atoms with Gasteiger partial charge in [0.1, 0.15) is 0 Å². The van der Waals surface area contributed by atoms with E-state index in [1.165, 1.54) is 10.3 Å². The first-order valence-electron chi connectivity index (χ1n) is 9.72. The van der Waals surface area contributed by atoms with E-state index in [1.54, 1.807) is 30.0 Å². The summed E-state index contributed by atoms with van der Waals surface area (Å²) in [4.78, 5) is 32.7. The van der Waals surface area contributed by atoms with Crippen molar-refractivity contribution in [1.82, 2.24) is 14.8 Å². The molecule has 150 valence electrons. The Kier molecular flexibility index (Phi) is 6.16. The van der Waals surface area contributed by atoms with Gasteiger partial charge in [-0.3, -0.25) is 9.59 Å². The van der Waals surface area contributed by atoms with Crippen LogP contribution in [-0.2, 0) is 10.5 Å². The molecule has 2 amide bonds. The molecule has 5 nitrogen and oxygen atoms in total. The van der Waals surface area contributed by atoms with Crippen molar-refractivity contribution in [3.05, 3.63) is 59.7 Å². The highest BCUT2D eigenvalue weighted by molar-refractivity contribution is 8.00. The molecule has 1 fully saturated rings. The summed E-state index contributed by atoms with van der Waals surface area (Å²) >= 11 is 3.43. The largest absolute Gasteiger partial charge is 0.341 e. The van der Waals surface area contributed by atoms with Crippen LogP contribution in [0.4, 0.5) is 0 Å². The normalized spacial score (nSPS) is 14.8. The number of hydrogen-bond acceptors (Lipinski definition) is 5.